The highest BCUT2D eigenvalue weighted by Gasteiger charge is 2.25. The smallest absolute Gasteiger partial charge is 0.308 e. The average molecular weight is 384 g/mol. The zero-order valence-electron chi connectivity index (χ0n) is 16.8. The molecular formula is C22H28N2O4. The van der Waals surface area contributed by atoms with Crippen LogP contribution < -0.4 is 10.2 Å². The first kappa shape index (κ1) is 21.6. The van der Waals surface area contributed by atoms with Crippen LogP contribution in [0.5, 0.6) is 5.75 Å². The second-order valence-corrected chi connectivity index (χ2v) is 7.01. The Balaban J connectivity index is 2.25. The molecule has 1 amide bonds. The van der Waals surface area contributed by atoms with Crippen LogP contribution in [0, 0.1) is 6.92 Å². The minimum absolute atomic E-state index is 0.0493. The Morgan fingerprint density at radius 2 is 1.79 bits per heavy atom. The maximum Gasteiger partial charge on any atom is 0.308 e. The molecule has 0 heterocycles. The van der Waals surface area contributed by atoms with E-state index in [0.29, 0.717) is 12.0 Å². The lowest BCUT2D eigenvalue weighted by atomic mass is 10.1. The Labute approximate surface area is 166 Å². The zero-order valence-corrected chi connectivity index (χ0v) is 16.8. The van der Waals surface area contributed by atoms with Crippen LogP contribution in [-0.4, -0.2) is 40.7 Å². The molecule has 0 aliphatic heterocycles. The summed E-state index contributed by atoms with van der Waals surface area (Å²) in [6.45, 7) is 6.85. The summed E-state index contributed by atoms with van der Waals surface area (Å²) in [5.74, 6) is -0.624. The predicted octanol–water partition coefficient (Wildman–Crippen LogP) is 2.88. The topological polar surface area (TPSA) is 78.9 Å². The van der Waals surface area contributed by atoms with Crippen molar-refractivity contribution in [3.05, 3.63) is 65.2 Å². The maximum absolute atomic E-state index is 13.0. The highest BCUT2D eigenvalue weighted by molar-refractivity contribution is 5.97. The van der Waals surface area contributed by atoms with Gasteiger partial charge in [-0.2, -0.15) is 0 Å². The van der Waals surface area contributed by atoms with Crippen molar-refractivity contribution in [3.63, 3.8) is 0 Å². The largest absolute Gasteiger partial charge is 0.426 e. The molecule has 6 nitrogen and oxygen atoms in total. The summed E-state index contributed by atoms with van der Waals surface area (Å²) in [5, 5.41) is 11.7. The summed E-state index contributed by atoms with van der Waals surface area (Å²) in [7, 11) is 0. The monoisotopic (exact) mass is 384 g/mol. The number of nitrogens with one attached hydrogen (secondary N) is 1. The number of aliphatic hydroxyl groups is 1. The van der Waals surface area contributed by atoms with Gasteiger partial charge in [-0.15, -0.1) is 0 Å². The van der Waals surface area contributed by atoms with E-state index in [0.717, 1.165) is 5.56 Å². The molecule has 0 unspecified atom stereocenters. The maximum atomic E-state index is 13.0. The summed E-state index contributed by atoms with van der Waals surface area (Å²) < 4.78 is 5.25. The molecule has 2 aromatic carbocycles. The van der Waals surface area contributed by atoms with Crippen LogP contribution in [0.3, 0.4) is 0 Å². The van der Waals surface area contributed by atoms with Gasteiger partial charge in [-0.05, 0) is 44.4 Å². The van der Waals surface area contributed by atoms with E-state index in [4.69, 9.17) is 4.74 Å². The minimum atomic E-state index is -0.485. The van der Waals surface area contributed by atoms with Crippen molar-refractivity contribution in [2.45, 2.75) is 46.2 Å². The van der Waals surface area contributed by atoms with E-state index in [1.165, 1.54) is 6.92 Å². The number of carbonyl (C=O) groups excluding carboxylic acids is 2. The number of benzene rings is 2. The predicted molar refractivity (Wildman–Crippen MR) is 108 cm³/mol. The molecular weight excluding hydrogens is 356 g/mol. The second-order valence-electron chi connectivity index (χ2n) is 7.01. The summed E-state index contributed by atoms with van der Waals surface area (Å²) in [5.41, 5.74) is 4.93. The van der Waals surface area contributed by atoms with Gasteiger partial charge in [0.05, 0.1) is 18.2 Å². The van der Waals surface area contributed by atoms with Gasteiger partial charge in [-0.25, -0.2) is 5.01 Å². The molecule has 150 valence electrons. The molecule has 2 aromatic rings. The minimum Gasteiger partial charge on any atom is -0.426 e. The zero-order chi connectivity index (χ0) is 20.7. The third-order valence-electron chi connectivity index (χ3n) is 4.41. The van der Waals surface area contributed by atoms with Crippen LogP contribution in [0.2, 0.25) is 0 Å². The van der Waals surface area contributed by atoms with Gasteiger partial charge in [-0.1, -0.05) is 42.5 Å². The molecule has 2 N–H and O–H groups in total. The summed E-state index contributed by atoms with van der Waals surface area (Å²) >= 11 is 0. The summed E-state index contributed by atoms with van der Waals surface area (Å²) in [4.78, 5) is 24.4. The first-order valence-corrected chi connectivity index (χ1v) is 9.35. The molecule has 0 radical (unpaired) electrons. The first-order valence-electron chi connectivity index (χ1n) is 9.35. The number of para-hydroxylation sites is 1. The molecule has 0 saturated heterocycles. The fourth-order valence-electron chi connectivity index (χ4n) is 3.07. The summed E-state index contributed by atoms with van der Waals surface area (Å²) in [6, 6.07) is 14.6. The Kier molecular flexibility index (Phi) is 7.72. The molecule has 0 bridgehead atoms. The number of esters is 1. The number of aliphatic hydroxyl groups excluding tert-OH is 1. The number of hydrogen-bond donors (Lipinski definition) is 2. The van der Waals surface area contributed by atoms with Gasteiger partial charge in [0.25, 0.3) is 5.91 Å². The number of ether oxygens (including phenoxy) is 1. The fourth-order valence-corrected chi connectivity index (χ4v) is 3.07. The van der Waals surface area contributed by atoms with E-state index in [2.05, 4.69) is 5.43 Å². The molecule has 0 aliphatic rings. The van der Waals surface area contributed by atoms with Crippen molar-refractivity contribution in [2.24, 2.45) is 0 Å². The van der Waals surface area contributed by atoms with Crippen LogP contribution in [0.4, 0.5) is 0 Å². The van der Waals surface area contributed by atoms with Crippen molar-refractivity contribution >= 4 is 11.9 Å². The number of aryl methyl sites for hydroxylation is 1. The first-order chi connectivity index (χ1) is 13.3. The molecule has 28 heavy (non-hydrogen) atoms. The highest BCUT2D eigenvalue weighted by Crippen LogP contribution is 2.24. The molecule has 2 rings (SSSR count). The van der Waals surface area contributed by atoms with Crippen LogP contribution in [-0.2, 0) is 11.2 Å². The number of hydrazine groups is 1. The van der Waals surface area contributed by atoms with E-state index in [-0.39, 0.29) is 35.9 Å². The second kappa shape index (κ2) is 10.0. The van der Waals surface area contributed by atoms with Gasteiger partial charge in [0.2, 0.25) is 0 Å². The van der Waals surface area contributed by atoms with Gasteiger partial charge in [-0.3, -0.25) is 15.0 Å². The number of rotatable bonds is 8. The van der Waals surface area contributed by atoms with Gasteiger partial charge < -0.3 is 9.84 Å². The van der Waals surface area contributed by atoms with Crippen LogP contribution >= 0.6 is 0 Å². The quantitative estimate of drug-likeness (QED) is 0.416. The van der Waals surface area contributed by atoms with E-state index >= 15 is 0 Å². The molecule has 0 spiro atoms. The van der Waals surface area contributed by atoms with Crippen LogP contribution in [0.1, 0.15) is 42.3 Å². The number of amides is 1. The fraction of sp³-hybridized carbons (Fsp3) is 0.364. The van der Waals surface area contributed by atoms with Crippen molar-refractivity contribution in [2.75, 3.05) is 6.61 Å². The third-order valence-corrected chi connectivity index (χ3v) is 4.41. The Bertz CT molecular complexity index is 805. The number of hydrogen-bond acceptors (Lipinski definition) is 5. The molecule has 0 fully saturated rings. The van der Waals surface area contributed by atoms with Crippen LogP contribution in [0.15, 0.2) is 48.5 Å². The Morgan fingerprint density at radius 1 is 1.11 bits per heavy atom. The number of carbonyl (C=O) groups is 2. The number of nitrogens with zero attached hydrogens (tertiary/aromatic N) is 1. The average Bonchev–Trinajstić information content (AvgIpc) is 2.66. The molecule has 1 atom stereocenters. The lowest BCUT2D eigenvalue weighted by Crippen LogP contribution is -2.54. The lowest BCUT2D eigenvalue weighted by molar-refractivity contribution is -0.131. The van der Waals surface area contributed by atoms with Crippen molar-refractivity contribution < 1.29 is 19.4 Å². The molecule has 0 saturated carbocycles. The van der Waals surface area contributed by atoms with Gasteiger partial charge >= 0.3 is 5.97 Å². The third kappa shape index (κ3) is 5.65. The van der Waals surface area contributed by atoms with Gasteiger partial charge in [0, 0.05) is 13.0 Å². The van der Waals surface area contributed by atoms with Crippen LogP contribution in [0.25, 0.3) is 0 Å². The van der Waals surface area contributed by atoms with Gasteiger partial charge in [0.15, 0.2) is 0 Å². The van der Waals surface area contributed by atoms with Crippen molar-refractivity contribution in [3.8, 4) is 5.75 Å². The highest BCUT2D eigenvalue weighted by atomic mass is 16.5. The van der Waals surface area contributed by atoms with E-state index in [9.17, 15) is 14.7 Å². The Hall–Kier alpha value is -2.70. The van der Waals surface area contributed by atoms with E-state index in [1.54, 1.807) is 30.1 Å². The lowest BCUT2D eigenvalue weighted by Gasteiger charge is -2.34. The van der Waals surface area contributed by atoms with E-state index < -0.39 is 5.97 Å². The normalized spacial score (nSPS) is 12.1. The molecule has 6 heteroatoms. The Morgan fingerprint density at radius 3 is 2.36 bits per heavy atom. The summed E-state index contributed by atoms with van der Waals surface area (Å²) in [6.07, 6.45) is 0.584. The van der Waals surface area contributed by atoms with Crippen molar-refractivity contribution in [1.82, 2.24) is 10.4 Å². The standard InChI is InChI=1S/C22H28N2O4/c1-15(2)24(19(14-25)13-18-10-6-5-7-11-18)23-22(27)20-12-8-9-16(3)21(20)28-17(4)26/h5-12,15,19,25H,13-14H2,1-4H3,(H,23,27)/t19-/m0/s1. The van der Waals surface area contributed by atoms with E-state index in [1.807, 2.05) is 44.2 Å². The molecule has 0 aliphatic carbocycles. The SMILES string of the molecule is CC(=O)Oc1c(C)cccc1C(=O)NN(C(C)C)[C@H](CO)Cc1ccccc1. The van der Waals surface area contributed by atoms with Crippen molar-refractivity contribution in [1.29, 1.82) is 0 Å². The molecule has 0 aromatic heterocycles. The van der Waals surface area contributed by atoms with Gasteiger partial charge in [0.1, 0.15) is 5.75 Å².